The van der Waals surface area contributed by atoms with E-state index in [9.17, 15) is 0 Å². The van der Waals surface area contributed by atoms with E-state index in [0.717, 1.165) is 0 Å². The monoisotopic (exact) mass is 120 g/mol. The Morgan fingerprint density at radius 3 is 1.78 bits per heavy atom. The van der Waals surface area contributed by atoms with E-state index >= 15 is 0 Å². The van der Waals surface area contributed by atoms with Crippen molar-refractivity contribution in [2.45, 2.75) is 19.3 Å². The zero-order valence-corrected chi connectivity index (χ0v) is 5.59. The van der Waals surface area contributed by atoms with E-state index in [1.54, 1.807) is 0 Å². The van der Waals surface area contributed by atoms with Crippen LogP contribution in [0.2, 0.25) is 0 Å². The second-order valence-corrected chi connectivity index (χ2v) is 2.17. The van der Waals surface area contributed by atoms with Crippen LogP contribution in [0.4, 0.5) is 0 Å². The summed E-state index contributed by atoms with van der Waals surface area (Å²) in [7, 11) is 0. The van der Waals surface area contributed by atoms with E-state index in [-0.39, 0.29) is 0 Å². The van der Waals surface area contributed by atoms with Crippen LogP contribution in [-0.4, -0.2) is 0 Å². The third kappa shape index (κ3) is 2.91. The Kier molecular flexibility index (Phi) is 2.91. The molecule has 0 fully saturated rings. The van der Waals surface area contributed by atoms with E-state index in [4.69, 9.17) is 0 Å². The quantitative estimate of drug-likeness (QED) is 0.461. The fourth-order valence-corrected chi connectivity index (χ4v) is 0.831. The summed E-state index contributed by atoms with van der Waals surface area (Å²) in [4.78, 5) is 0. The molecule has 0 heterocycles. The molecule has 1 rings (SSSR count). The van der Waals surface area contributed by atoms with Gasteiger partial charge in [0, 0.05) is 0 Å². The summed E-state index contributed by atoms with van der Waals surface area (Å²) in [6, 6.07) is 0. The Morgan fingerprint density at radius 2 is 1.22 bits per heavy atom. The van der Waals surface area contributed by atoms with Crippen LogP contribution >= 0.6 is 0 Å². The highest BCUT2D eigenvalue weighted by molar-refractivity contribution is 5.12. The number of hydrogen-bond acceptors (Lipinski definition) is 0. The lowest BCUT2D eigenvalue weighted by atomic mass is 10.2. The minimum Gasteiger partial charge on any atom is -0.0845 e. The Bertz CT molecular complexity index is 122. The van der Waals surface area contributed by atoms with Gasteiger partial charge < -0.3 is 0 Å². The summed E-state index contributed by atoms with van der Waals surface area (Å²) in [5, 5.41) is 0. The molecule has 9 heavy (non-hydrogen) atoms. The highest BCUT2D eigenvalue weighted by Crippen LogP contribution is 2.00. The van der Waals surface area contributed by atoms with Crippen molar-refractivity contribution in [3.63, 3.8) is 0 Å². The SMILES string of the molecule is C1=C\C=C\CCC\C=C/1. The molecule has 0 unspecified atom stereocenters. The molecule has 0 spiro atoms. The molecule has 0 bridgehead atoms. The predicted molar refractivity (Wildman–Crippen MR) is 41.3 cm³/mol. The lowest BCUT2D eigenvalue weighted by Crippen LogP contribution is -1.65. The maximum Gasteiger partial charge on any atom is -0.0345 e. The van der Waals surface area contributed by atoms with Crippen molar-refractivity contribution in [3.8, 4) is 0 Å². The smallest absolute Gasteiger partial charge is 0.0345 e. The van der Waals surface area contributed by atoms with Crippen molar-refractivity contribution in [1.29, 1.82) is 0 Å². The molecule has 1 aliphatic rings. The van der Waals surface area contributed by atoms with Gasteiger partial charge in [0.2, 0.25) is 0 Å². The van der Waals surface area contributed by atoms with Crippen molar-refractivity contribution >= 4 is 0 Å². The Morgan fingerprint density at radius 1 is 0.667 bits per heavy atom. The topological polar surface area (TPSA) is 0 Å². The number of rotatable bonds is 0. The lowest BCUT2D eigenvalue weighted by Gasteiger charge is -1.85. The number of allylic oxidation sites excluding steroid dienone is 6. The van der Waals surface area contributed by atoms with Gasteiger partial charge in [0.15, 0.2) is 0 Å². The van der Waals surface area contributed by atoms with Crippen LogP contribution in [0.25, 0.3) is 0 Å². The summed E-state index contributed by atoms with van der Waals surface area (Å²) in [5.74, 6) is 0. The molecule has 0 aliphatic heterocycles. The molecule has 0 aromatic heterocycles. The summed E-state index contributed by atoms with van der Waals surface area (Å²) in [5.41, 5.74) is 0. The molecule has 0 N–H and O–H groups in total. The molecule has 0 amide bonds. The zero-order chi connectivity index (χ0) is 6.36. The molecular formula is C9H12. The molecular weight excluding hydrogens is 108 g/mol. The van der Waals surface area contributed by atoms with Gasteiger partial charge in [0.1, 0.15) is 0 Å². The molecule has 0 atom stereocenters. The second-order valence-electron chi connectivity index (χ2n) is 2.17. The molecule has 0 saturated carbocycles. The van der Waals surface area contributed by atoms with Crippen LogP contribution in [0.1, 0.15) is 19.3 Å². The third-order valence-corrected chi connectivity index (χ3v) is 1.35. The van der Waals surface area contributed by atoms with Crippen molar-refractivity contribution in [2.24, 2.45) is 0 Å². The van der Waals surface area contributed by atoms with Crippen molar-refractivity contribution in [1.82, 2.24) is 0 Å². The van der Waals surface area contributed by atoms with Crippen LogP contribution in [0.5, 0.6) is 0 Å². The third-order valence-electron chi connectivity index (χ3n) is 1.35. The fraction of sp³-hybridized carbons (Fsp3) is 0.333. The first-order valence-corrected chi connectivity index (χ1v) is 3.48. The average Bonchev–Trinajstić information content (AvgIpc) is 2.00. The molecule has 0 radical (unpaired) electrons. The van der Waals surface area contributed by atoms with Gasteiger partial charge in [-0.05, 0) is 19.3 Å². The minimum absolute atomic E-state index is 1.22. The van der Waals surface area contributed by atoms with Crippen molar-refractivity contribution in [2.75, 3.05) is 0 Å². The molecule has 0 aromatic carbocycles. The summed E-state index contributed by atoms with van der Waals surface area (Å²) in [6.07, 6.45) is 16.5. The highest BCUT2D eigenvalue weighted by atomic mass is 13.9. The van der Waals surface area contributed by atoms with Gasteiger partial charge in [-0.1, -0.05) is 36.5 Å². The van der Waals surface area contributed by atoms with Crippen molar-refractivity contribution in [3.05, 3.63) is 36.5 Å². The fourth-order valence-electron chi connectivity index (χ4n) is 0.831. The van der Waals surface area contributed by atoms with Gasteiger partial charge in [-0.15, -0.1) is 0 Å². The van der Waals surface area contributed by atoms with Gasteiger partial charge >= 0.3 is 0 Å². The van der Waals surface area contributed by atoms with Gasteiger partial charge in [-0.2, -0.15) is 0 Å². The maximum absolute atomic E-state index is 2.21. The molecule has 0 saturated heterocycles. The summed E-state index contributed by atoms with van der Waals surface area (Å²) >= 11 is 0. The normalized spacial score (nSPS) is 29.3. The summed E-state index contributed by atoms with van der Waals surface area (Å²) < 4.78 is 0. The first-order chi connectivity index (χ1) is 4.50. The second kappa shape index (κ2) is 4.13. The molecule has 1 aliphatic carbocycles. The van der Waals surface area contributed by atoms with Gasteiger partial charge in [0.25, 0.3) is 0 Å². The van der Waals surface area contributed by atoms with Gasteiger partial charge in [-0.3, -0.25) is 0 Å². The number of hydrogen-bond donors (Lipinski definition) is 0. The van der Waals surface area contributed by atoms with E-state index in [0.29, 0.717) is 0 Å². The van der Waals surface area contributed by atoms with E-state index in [1.165, 1.54) is 19.3 Å². The average molecular weight is 120 g/mol. The highest BCUT2D eigenvalue weighted by Gasteiger charge is 1.79. The van der Waals surface area contributed by atoms with Crippen LogP contribution in [0, 0.1) is 0 Å². The van der Waals surface area contributed by atoms with Crippen LogP contribution in [0.3, 0.4) is 0 Å². The largest absolute Gasteiger partial charge is 0.0845 e. The minimum atomic E-state index is 1.22. The Labute approximate surface area is 56.6 Å². The zero-order valence-electron chi connectivity index (χ0n) is 5.59. The molecule has 0 aromatic rings. The molecule has 48 valence electrons. The van der Waals surface area contributed by atoms with Gasteiger partial charge in [0.05, 0.1) is 0 Å². The van der Waals surface area contributed by atoms with E-state index < -0.39 is 0 Å². The molecule has 0 nitrogen and oxygen atoms in total. The van der Waals surface area contributed by atoms with E-state index in [1.807, 2.05) is 0 Å². The first kappa shape index (κ1) is 6.34. The Hall–Kier alpha value is -0.780. The standard InChI is InChI=1S/C9H12/c1-2-4-6-8-9-7-5-3-1/h1-6H,7-9H2/b2-1-,5-3-,6-4+. The predicted octanol–water partition coefficient (Wildman–Crippen LogP) is 2.84. The molecule has 0 heteroatoms. The Balaban J connectivity index is 2.45. The van der Waals surface area contributed by atoms with Crippen molar-refractivity contribution < 1.29 is 0 Å². The maximum atomic E-state index is 2.21. The lowest BCUT2D eigenvalue weighted by molar-refractivity contribution is 0.869. The van der Waals surface area contributed by atoms with E-state index in [2.05, 4.69) is 36.5 Å². The first-order valence-electron chi connectivity index (χ1n) is 3.48. The van der Waals surface area contributed by atoms with Gasteiger partial charge in [-0.25, -0.2) is 0 Å². The summed E-state index contributed by atoms with van der Waals surface area (Å²) in [6.45, 7) is 0. The van der Waals surface area contributed by atoms with Crippen LogP contribution in [-0.2, 0) is 0 Å². The van der Waals surface area contributed by atoms with Crippen LogP contribution < -0.4 is 0 Å². The van der Waals surface area contributed by atoms with Crippen LogP contribution in [0.15, 0.2) is 36.5 Å².